The van der Waals surface area contributed by atoms with E-state index in [1.807, 2.05) is 0 Å². The predicted molar refractivity (Wildman–Crippen MR) is 119 cm³/mol. The Balaban J connectivity index is 1.51. The molecule has 10 heteroatoms. The maximum absolute atomic E-state index is 12.9. The number of carbonyl (C=O) groups excluding carboxylic acids is 3. The Bertz CT molecular complexity index is 1130. The summed E-state index contributed by atoms with van der Waals surface area (Å²) in [7, 11) is 3.05. The van der Waals surface area contributed by atoms with Gasteiger partial charge in [0.2, 0.25) is 5.91 Å². The van der Waals surface area contributed by atoms with E-state index < -0.39 is 23.9 Å². The third-order valence-electron chi connectivity index (χ3n) is 5.46. The molecule has 3 amide bonds. The van der Waals surface area contributed by atoms with Crippen LogP contribution in [0.2, 0.25) is 5.02 Å². The van der Waals surface area contributed by atoms with Gasteiger partial charge in [-0.15, -0.1) is 0 Å². The SMILES string of the molecule is COc1cccc(CNC(=O)CN2C(=O)NC(c3ccc(Cl)cc3)C3=C2COC3=O)c1OC. The number of hydrogen-bond acceptors (Lipinski definition) is 6. The summed E-state index contributed by atoms with van der Waals surface area (Å²) in [4.78, 5) is 39.2. The van der Waals surface area contributed by atoms with E-state index in [0.717, 1.165) is 5.56 Å². The van der Waals surface area contributed by atoms with Crippen LogP contribution in [0.4, 0.5) is 4.79 Å². The quantitative estimate of drug-likeness (QED) is 0.601. The van der Waals surface area contributed by atoms with Gasteiger partial charge in [-0.3, -0.25) is 9.69 Å². The summed E-state index contributed by atoms with van der Waals surface area (Å²) in [6.45, 7) is -0.188. The molecule has 4 rings (SSSR count). The second-order valence-electron chi connectivity index (χ2n) is 7.39. The highest BCUT2D eigenvalue weighted by Crippen LogP contribution is 2.35. The van der Waals surface area contributed by atoms with Crippen molar-refractivity contribution < 1.29 is 28.6 Å². The molecule has 0 spiro atoms. The minimum atomic E-state index is -0.680. The van der Waals surface area contributed by atoms with Gasteiger partial charge in [-0.2, -0.15) is 0 Å². The molecular formula is C23H22ClN3O6. The second kappa shape index (κ2) is 9.41. The van der Waals surface area contributed by atoms with Crippen LogP contribution in [-0.2, 0) is 20.9 Å². The van der Waals surface area contributed by atoms with Gasteiger partial charge in [-0.1, -0.05) is 35.9 Å². The summed E-state index contributed by atoms with van der Waals surface area (Å²) in [6.07, 6.45) is 0. The summed E-state index contributed by atoms with van der Waals surface area (Å²) in [5, 5.41) is 6.10. The van der Waals surface area contributed by atoms with Gasteiger partial charge in [0.1, 0.15) is 13.2 Å². The predicted octanol–water partition coefficient (Wildman–Crippen LogP) is 2.55. The van der Waals surface area contributed by atoms with Gasteiger partial charge in [0.15, 0.2) is 11.5 Å². The molecular weight excluding hydrogens is 450 g/mol. The molecule has 0 bridgehead atoms. The van der Waals surface area contributed by atoms with Crippen LogP contribution in [0.25, 0.3) is 0 Å². The number of benzene rings is 2. The van der Waals surface area contributed by atoms with Crippen molar-refractivity contribution in [3.05, 3.63) is 69.9 Å². The summed E-state index contributed by atoms with van der Waals surface area (Å²) in [6, 6.07) is 11.0. The van der Waals surface area contributed by atoms with Gasteiger partial charge in [-0.05, 0) is 23.8 Å². The average molecular weight is 472 g/mol. The summed E-state index contributed by atoms with van der Waals surface area (Å²) < 4.78 is 15.8. The number of hydrogen-bond donors (Lipinski definition) is 2. The fraction of sp³-hybridized carbons (Fsp3) is 0.261. The lowest BCUT2D eigenvalue weighted by atomic mass is 9.96. The minimum absolute atomic E-state index is 0.0807. The van der Waals surface area contributed by atoms with Crippen molar-refractivity contribution in [3.63, 3.8) is 0 Å². The molecule has 0 saturated heterocycles. The normalized spacial score (nSPS) is 17.3. The molecule has 2 aliphatic heterocycles. The molecule has 2 N–H and O–H groups in total. The molecule has 0 radical (unpaired) electrons. The van der Waals surface area contributed by atoms with E-state index in [1.165, 1.54) is 19.1 Å². The molecule has 172 valence electrons. The molecule has 9 nitrogen and oxygen atoms in total. The van der Waals surface area contributed by atoms with E-state index in [2.05, 4.69) is 10.6 Å². The molecule has 2 aromatic rings. The number of urea groups is 1. The van der Waals surface area contributed by atoms with Crippen LogP contribution >= 0.6 is 11.6 Å². The Morgan fingerprint density at radius 2 is 1.94 bits per heavy atom. The van der Waals surface area contributed by atoms with Crippen molar-refractivity contribution in [3.8, 4) is 11.5 Å². The zero-order valence-corrected chi connectivity index (χ0v) is 18.8. The van der Waals surface area contributed by atoms with Gasteiger partial charge < -0.3 is 24.8 Å². The molecule has 0 fully saturated rings. The Morgan fingerprint density at radius 1 is 1.18 bits per heavy atom. The molecule has 33 heavy (non-hydrogen) atoms. The molecule has 0 aliphatic carbocycles. The highest BCUT2D eigenvalue weighted by molar-refractivity contribution is 6.30. The highest BCUT2D eigenvalue weighted by atomic mass is 35.5. The molecule has 2 aromatic carbocycles. The lowest BCUT2D eigenvalue weighted by molar-refractivity contribution is -0.136. The van der Waals surface area contributed by atoms with Crippen molar-refractivity contribution in [2.45, 2.75) is 12.6 Å². The van der Waals surface area contributed by atoms with Gasteiger partial charge in [0.25, 0.3) is 0 Å². The van der Waals surface area contributed by atoms with Crippen LogP contribution in [0.3, 0.4) is 0 Å². The number of para-hydroxylation sites is 1. The number of halogens is 1. The number of nitrogens with one attached hydrogen (secondary N) is 2. The second-order valence-corrected chi connectivity index (χ2v) is 7.82. The monoisotopic (exact) mass is 471 g/mol. The van der Waals surface area contributed by atoms with Crippen molar-refractivity contribution in [2.75, 3.05) is 27.4 Å². The van der Waals surface area contributed by atoms with Crippen LogP contribution in [0.5, 0.6) is 11.5 Å². The number of esters is 1. The molecule has 2 aliphatic rings. The van der Waals surface area contributed by atoms with Crippen LogP contribution in [0.15, 0.2) is 53.7 Å². The first-order valence-electron chi connectivity index (χ1n) is 10.1. The summed E-state index contributed by atoms with van der Waals surface area (Å²) in [5.41, 5.74) is 2.08. The fourth-order valence-corrected chi connectivity index (χ4v) is 4.00. The van der Waals surface area contributed by atoms with E-state index in [1.54, 1.807) is 42.5 Å². The molecule has 0 aromatic heterocycles. The zero-order chi connectivity index (χ0) is 23.5. The number of rotatable bonds is 7. The smallest absolute Gasteiger partial charge is 0.338 e. The topological polar surface area (TPSA) is 106 Å². The summed E-state index contributed by atoms with van der Waals surface area (Å²) in [5.74, 6) is 0.119. The van der Waals surface area contributed by atoms with Crippen LogP contribution in [-0.4, -0.2) is 50.2 Å². The Hall–Kier alpha value is -3.72. The maximum atomic E-state index is 12.9. The third kappa shape index (κ3) is 4.45. The first-order chi connectivity index (χ1) is 15.9. The van der Waals surface area contributed by atoms with E-state index >= 15 is 0 Å². The lowest BCUT2D eigenvalue weighted by Crippen LogP contribution is -2.50. The standard InChI is InChI=1S/C23H22ClN3O6/c1-31-17-5-3-4-14(21(17)32-2)10-25-18(28)11-27-16-12-33-22(29)19(16)20(26-23(27)30)13-6-8-15(24)9-7-13/h3-9,20H,10-12H2,1-2H3,(H,25,28)(H,26,30). The number of nitrogens with zero attached hydrogens (tertiary/aromatic N) is 1. The van der Waals surface area contributed by atoms with E-state index in [4.69, 9.17) is 25.8 Å². The number of carbonyl (C=O) groups is 3. The maximum Gasteiger partial charge on any atom is 0.338 e. The Kier molecular flexibility index (Phi) is 6.41. The molecule has 1 atom stereocenters. The van der Waals surface area contributed by atoms with Crippen LogP contribution < -0.4 is 20.1 Å². The first kappa shape index (κ1) is 22.5. The number of methoxy groups -OCH3 is 2. The number of ether oxygens (including phenoxy) is 3. The van der Waals surface area contributed by atoms with E-state index in [9.17, 15) is 14.4 Å². The summed E-state index contributed by atoms with van der Waals surface area (Å²) >= 11 is 5.95. The highest BCUT2D eigenvalue weighted by Gasteiger charge is 2.42. The molecule has 2 heterocycles. The van der Waals surface area contributed by atoms with Crippen LogP contribution in [0.1, 0.15) is 17.2 Å². The van der Waals surface area contributed by atoms with Crippen molar-refractivity contribution >= 4 is 29.5 Å². The van der Waals surface area contributed by atoms with Gasteiger partial charge in [-0.25, -0.2) is 9.59 Å². The molecule has 0 saturated carbocycles. The Morgan fingerprint density at radius 3 is 2.64 bits per heavy atom. The fourth-order valence-electron chi connectivity index (χ4n) is 3.87. The van der Waals surface area contributed by atoms with E-state index in [0.29, 0.717) is 33.4 Å². The Labute approximate surface area is 195 Å². The zero-order valence-electron chi connectivity index (χ0n) is 18.0. The third-order valence-corrected chi connectivity index (χ3v) is 5.72. The van der Waals surface area contributed by atoms with E-state index in [-0.39, 0.29) is 19.7 Å². The van der Waals surface area contributed by atoms with Crippen molar-refractivity contribution in [1.82, 2.24) is 15.5 Å². The minimum Gasteiger partial charge on any atom is -0.493 e. The van der Waals surface area contributed by atoms with Crippen molar-refractivity contribution in [2.24, 2.45) is 0 Å². The largest absolute Gasteiger partial charge is 0.493 e. The van der Waals surface area contributed by atoms with Crippen molar-refractivity contribution in [1.29, 1.82) is 0 Å². The first-order valence-corrected chi connectivity index (χ1v) is 10.5. The van der Waals surface area contributed by atoms with Gasteiger partial charge in [0.05, 0.1) is 31.5 Å². The number of amides is 3. The van der Waals surface area contributed by atoms with Gasteiger partial charge >= 0.3 is 12.0 Å². The molecule has 1 unspecified atom stereocenters. The number of cyclic esters (lactones) is 1. The lowest BCUT2D eigenvalue weighted by Gasteiger charge is -2.32. The average Bonchev–Trinajstić information content (AvgIpc) is 3.21. The van der Waals surface area contributed by atoms with Crippen LogP contribution in [0, 0.1) is 0 Å². The van der Waals surface area contributed by atoms with Gasteiger partial charge in [0, 0.05) is 17.1 Å².